The molecule has 1 heterocycles. The van der Waals surface area contributed by atoms with Crippen molar-refractivity contribution >= 4 is 11.9 Å². The van der Waals surface area contributed by atoms with Gasteiger partial charge in [0.25, 0.3) is 5.91 Å². The third-order valence-electron chi connectivity index (χ3n) is 3.67. The molecule has 1 aliphatic heterocycles. The molecule has 1 aliphatic rings. The molecule has 1 N–H and O–H groups in total. The van der Waals surface area contributed by atoms with E-state index in [0.717, 1.165) is 5.56 Å². The zero-order chi connectivity index (χ0) is 15.4. The van der Waals surface area contributed by atoms with Crippen LogP contribution in [0.2, 0.25) is 0 Å². The molecule has 2 atom stereocenters. The van der Waals surface area contributed by atoms with Crippen LogP contribution >= 0.6 is 0 Å². The van der Waals surface area contributed by atoms with E-state index in [1.807, 2.05) is 44.2 Å². The number of hydrogen-bond acceptors (Lipinski definition) is 3. The van der Waals surface area contributed by atoms with Crippen LogP contribution in [0.25, 0.3) is 0 Å². The highest BCUT2D eigenvalue weighted by Crippen LogP contribution is 2.23. The van der Waals surface area contributed by atoms with E-state index < -0.39 is 18.2 Å². The first kappa shape index (κ1) is 15.5. The van der Waals surface area contributed by atoms with E-state index in [9.17, 15) is 9.59 Å². The molecule has 0 aliphatic carbocycles. The summed E-state index contributed by atoms with van der Waals surface area (Å²) in [6.07, 6.45) is -0.640. The van der Waals surface area contributed by atoms with Gasteiger partial charge in [-0.05, 0) is 32.3 Å². The minimum atomic E-state index is -0.996. The van der Waals surface area contributed by atoms with E-state index in [2.05, 4.69) is 0 Å². The summed E-state index contributed by atoms with van der Waals surface area (Å²) in [6.45, 7) is 4.41. The van der Waals surface area contributed by atoms with Crippen LogP contribution in [0, 0.1) is 0 Å². The van der Waals surface area contributed by atoms with Crippen molar-refractivity contribution in [3.05, 3.63) is 35.9 Å². The zero-order valence-electron chi connectivity index (χ0n) is 12.4. The van der Waals surface area contributed by atoms with Gasteiger partial charge in [0.15, 0.2) is 6.10 Å². The van der Waals surface area contributed by atoms with Gasteiger partial charge in [-0.1, -0.05) is 30.3 Å². The summed E-state index contributed by atoms with van der Waals surface area (Å²) < 4.78 is 5.36. The Morgan fingerprint density at radius 3 is 2.38 bits per heavy atom. The standard InChI is InChI=1S/C16H21NO4/c1-11(2)17(10-12-6-4-3-5-7-12)15(18)13-8-9-14(21-13)16(19)20/h3-7,11,13-14H,8-10H2,1-2H3,(H,19,20). The lowest BCUT2D eigenvalue weighted by Gasteiger charge is -2.29. The molecule has 0 saturated carbocycles. The number of rotatable bonds is 5. The Kier molecular flexibility index (Phi) is 4.96. The van der Waals surface area contributed by atoms with E-state index in [4.69, 9.17) is 9.84 Å². The molecule has 21 heavy (non-hydrogen) atoms. The monoisotopic (exact) mass is 291 g/mol. The topological polar surface area (TPSA) is 66.8 Å². The van der Waals surface area contributed by atoms with Crippen LogP contribution < -0.4 is 0 Å². The third-order valence-corrected chi connectivity index (χ3v) is 3.67. The van der Waals surface area contributed by atoms with Crippen molar-refractivity contribution in [3.8, 4) is 0 Å². The normalized spacial score (nSPS) is 21.5. The second-order valence-corrected chi connectivity index (χ2v) is 5.57. The van der Waals surface area contributed by atoms with Gasteiger partial charge in [-0.3, -0.25) is 4.79 Å². The quantitative estimate of drug-likeness (QED) is 0.901. The van der Waals surface area contributed by atoms with Crippen molar-refractivity contribution in [1.29, 1.82) is 0 Å². The van der Waals surface area contributed by atoms with Crippen molar-refractivity contribution < 1.29 is 19.4 Å². The third kappa shape index (κ3) is 3.82. The summed E-state index contributed by atoms with van der Waals surface area (Å²) in [6, 6.07) is 9.78. The fraction of sp³-hybridized carbons (Fsp3) is 0.500. The van der Waals surface area contributed by atoms with E-state index in [0.29, 0.717) is 19.4 Å². The largest absolute Gasteiger partial charge is 0.479 e. The number of amides is 1. The number of carbonyl (C=O) groups is 2. The smallest absolute Gasteiger partial charge is 0.332 e. The van der Waals surface area contributed by atoms with Crippen LogP contribution in [-0.4, -0.2) is 40.1 Å². The van der Waals surface area contributed by atoms with Crippen molar-refractivity contribution in [2.75, 3.05) is 0 Å². The summed E-state index contributed by atoms with van der Waals surface area (Å²) in [5.74, 6) is -1.12. The summed E-state index contributed by atoms with van der Waals surface area (Å²) in [7, 11) is 0. The molecule has 0 aromatic heterocycles. The molecule has 5 nitrogen and oxygen atoms in total. The Morgan fingerprint density at radius 2 is 1.86 bits per heavy atom. The molecule has 0 radical (unpaired) electrons. The molecule has 2 rings (SSSR count). The van der Waals surface area contributed by atoms with E-state index in [1.165, 1.54) is 0 Å². The molecule has 5 heteroatoms. The fourth-order valence-corrected chi connectivity index (χ4v) is 2.48. The molecule has 0 spiro atoms. The molecule has 1 aromatic carbocycles. The molecule has 1 fully saturated rings. The molecule has 1 saturated heterocycles. The van der Waals surface area contributed by atoms with Gasteiger partial charge in [-0.2, -0.15) is 0 Å². The highest BCUT2D eigenvalue weighted by molar-refractivity contribution is 5.83. The Morgan fingerprint density at radius 1 is 1.24 bits per heavy atom. The molecule has 114 valence electrons. The van der Waals surface area contributed by atoms with Gasteiger partial charge in [0.05, 0.1) is 0 Å². The van der Waals surface area contributed by atoms with Crippen molar-refractivity contribution in [1.82, 2.24) is 4.90 Å². The molecule has 1 amide bonds. The van der Waals surface area contributed by atoms with Crippen LogP contribution in [0.1, 0.15) is 32.3 Å². The molecule has 1 aromatic rings. The predicted molar refractivity (Wildman–Crippen MR) is 77.7 cm³/mol. The Balaban J connectivity index is 2.05. The fourth-order valence-electron chi connectivity index (χ4n) is 2.48. The summed E-state index contributed by atoms with van der Waals surface area (Å²) in [5.41, 5.74) is 1.05. The second kappa shape index (κ2) is 6.72. The SMILES string of the molecule is CC(C)N(Cc1ccccc1)C(=O)C1CCC(C(=O)O)O1. The lowest BCUT2D eigenvalue weighted by molar-refractivity contribution is -0.155. The molecule has 0 bridgehead atoms. The predicted octanol–water partition coefficient (Wildman–Crippen LogP) is 2.06. The first-order valence-corrected chi connectivity index (χ1v) is 7.21. The average molecular weight is 291 g/mol. The first-order valence-electron chi connectivity index (χ1n) is 7.21. The number of carboxylic acid groups (broad SMARTS) is 1. The highest BCUT2D eigenvalue weighted by Gasteiger charge is 2.37. The molecular formula is C16H21NO4. The van der Waals surface area contributed by atoms with E-state index in [-0.39, 0.29) is 11.9 Å². The minimum Gasteiger partial charge on any atom is -0.479 e. The number of aliphatic carboxylic acids is 1. The van der Waals surface area contributed by atoms with Crippen molar-refractivity contribution in [2.45, 2.75) is 51.5 Å². The second-order valence-electron chi connectivity index (χ2n) is 5.57. The van der Waals surface area contributed by atoms with Gasteiger partial charge < -0.3 is 14.7 Å². The number of benzene rings is 1. The zero-order valence-corrected chi connectivity index (χ0v) is 12.4. The van der Waals surface area contributed by atoms with Crippen LogP contribution in [0.15, 0.2) is 30.3 Å². The average Bonchev–Trinajstić information content (AvgIpc) is 2.95. The number of ether oxygens (including phenoxy) is 1. The van der Waals surface area contributed by atoms with Crippen LogP contribution in [-0.2, 0) is 20.9 Å². The highest BCUT2D eigenvalue weighted by atomic mass is 16.5. The summed E-state index contributed by atoms with van der Waals surface area (Å²) in [5, 5.41) is 8.95. The number of hydrogen-bond donors (Lipinski definition) is 1. The minimum absolute atomic E-state index is 0.0326. The number of carboxylic acids is 1. The van der Waals surface area contributed by atoms with Gasteiger partial charge in [0, 0.05) is 12.6 Å². The maximum absolute atomic E-state index is 12.6. The van der Waals surface area contributed by atoms with Gasteiger partial charge in [-0.25, -0.2) is 4.79 Å². The van der Waals surface area contributed by atoms with Gasteiger partial charge in [0.1, 0.15) is 6.10 Å². The molecule has 2 unspecified atom stereocenters. The van der Waals surface area contributed by atoms with Crippen LogP contribution in [0.4, 0.5) is 0 Å². The Hall–Kier alpha value is -1.88. The van der Waals surface area contributed by atoms with E-state index in [1.54, 1.807) is 4.90 Å². The summed E-state index contributed by atoms with van der Waals surface area (Å²) in [4.78, 5) is 25.2. The van der Waals surface area contributed by atoms with E-state index >= 15 is 0 Å². The Bertz CT molecular complexity index is 500. The number of carbonyl (C=O) groups excluding carboxylic acids is 1. The van der Waals surface area contributed by atoms with Crippen molar-refractivity contribution in [3.63, 3.8) is 0 Å². The number of nitrogens with zero attached hydrogens (tertiary/aromatic N) is 1. The van der Waals surface area contributed by atoms with Gasteiger partial charge >= 0.3 is 5.97 Å². The Labute approximate surface area is 124 Å². The van der Waals surface area contributed by atoms with Gasteiger partial charge in [-0.15, -0.1) is 0 Å². The summed E-state index contributed by atoms with van der Waals surface area (Å²) >= 11 is 0. The lowest BCUT2D eigenvalue weighted by atomic mass is 10.1. The maximum atomic E-state index is 12.6. The van der Waals surface area contributed by atoms with Gasteiger partial charge in [0.2, 0.25) is 0 Å². The molecular weight excluding hydrogens is 270 g/mol. The van der Waals surface area contributed by atoms with Crippen LogP contribution in [0.3, 0.4) is 0 Å². The van der Waals surface area contributed by atoms with Crippen LogP contribution in [0.5, 0.6) is 0 Å². The van der Waals surface area contributed by atoms with Crippen molar-refractivity contribution in [2.24, 2.45) is 0 Å². The first-order chi connectivity index (χ1) is 9.99. The maximum Gasteiger partial charge on any atom is 0.332 e. The lowest BCUT2D eigenvalue weighted by Crippen LogP contribution is -2.43.